The van der Waals surface area contributed by atoms with Crippen molar-refractivity contribution in [1.29, 1.82) is 0 Å². The molecule has 5 N–H and O–H groups in total. The molecule has 0 radical (unpaired) electrons. The molecule has 0 spiro atoms. The first-order valence-corrected chi connectivity index (χ1v) is 18.0. The van der Waals surface area contributed by atoms with Gasteiger partial charge >= 0.3 is 0 Å². The van der Waals surface area contributed by atoms with Crippen molar-refractivity contribution in [2.45, 2.75) is 134 Å². The van der Waals surface area contributed by atoms with E-state index in [9.17, 15) is 28.8 Å². The molecule has 2 heterocycles. The van der Waals surface area contributed by atoms with Gasteiger partial charge in [0.05, 0.1) is 18.6 Å². The van der Waals surface area contributed by atoms with Crippen LogP contribution in [0.15, 0.2) is 12.5 Å². The number of aromatic amines is 1. The molecule has 1 saturated heterocycles. The minimum atomic E-state index is -3.12. The summed E-state index contributed by atoms with van der Waals surface area (Å²) in [6.07, 6.45) is 8.54. The third-order valence-corrected chi connectivity index (χ3v) is 10.7. The highest BCUT2D eigenvalue weighted by Crippen LogP contribution is 2.51. The molecule has 3 aliphatic carbocycles. The number of halogens is 2. The number of ketones is 1. The lowest BCUT2D eigenvalue weighted by Crippen LogP contribution is -2.62. The lowest BCUT2D eigenvalue weighted by atomic mass is 9.82. The van der Waals surface area contributed by atoms with Crippen LogP contribution >= 0.6 is 0 Å². The van der Waals surface area contributed by atoms with Crippen molar-refractivity contribution < 1.29 is 37.5 Å². The largest absolute Gasteiger partial charge is 0.347 e. The van der Waals surface area contributed by atoms with Crippen molar-refractivity contribution >= 4 is 35.3 Å². The number of imidazole rings is 1. The SMILES string of the molecule is CCC[C@H](NC(=O)[C@@H]1[C@H]2CCC(F)(F)[C@H]2CN1C(=O)[C@H](NC(=O)[C@H](NC(=O)c1cnc[nH]1)C1CCCCC1)C(C)(C)C)C(=O)C(=O)NC1CC1. The average molecular weight is 704 g/mol. The van der Waals surface area contributed by atoms with Crippen LogP contribution in [0.5, 0.6) is 0 Å². The standard InChI is InChI=1S/C35H51F2N7O6/c1-5-9-23(27(45)32(49)40-20-12-13-20)41-31(48)26-21-14-15-35(36,37)22(21)17-44(26)33(50)28(34(2,3)4)43-30(47)25(19-10-7-6-8-11-19)42-29(46)24-16-38-18-39-24/h16,18-23,25-26,28H,5-15,17H2,1-4H3,(H,38,39)(H,40,49)(H,41,48)(H,42,46)(H,43,47)/t21-,22-,23-,25+,26-,28-/m0/s1. The predicted octanol–water partition coefficient (Wildman–Crippen LogP) is 2.62. The maximum Gasteiger partial charge on any atom is 0.289 e. The van der Waals surface area contributed by atoms with E-state index in [1.165, 1.54) is 12.5 Å². The van der Waals surface area contributed by atoms with Crippen molar-refractivity contribution in [3.05, 3.63) is 18.2 Å². The van der Waals surface area contributed by atoms with Crippen molar-refractivity contribution in [2.75, 3.05) is 6.54 Å². The zero-order valence-corrected chi connectivity index (χ0v) is 29.4. The van der Waals surface area contributed by atoms with Crippen LogP contribution in [0, 0.1) is 23.2 Å². The predicted molar refractivity (Wildman–Crippen MR) is 177 cm³/mol. The number of hydrogen-bond donors (Lipinski definition) is 5. The van der Waals surface area contributed by atoms with Gasteiger partial charge in [0.15, 0.2) is 0 Å². The van der Waals surface area contributed by atoms with Gasteiger partial charge in [0.1, 0.15) is 23.8 Å². The second-order valence-corrected chi connectivity index (χ2v) is 15.6. The quantitative estimate of drug-likeness (QED) is 0.196. The molecule has 1 aliphatic heterocycles. The molecule has 4 aliphatic rings. The number of likely N-dealkylation sites (tertiary alicyclic amines) is 1. The van der Waals surface area contributed by atoms with Gasteiger partial charge in [-0.05, 0) is 55.8 Å². The summed E-state index contributed by atoms with van der Waals surface area (Å²) in [5, 5.41) is 10.9. The zero-order chi connectivity index (χ0) is 36.4. The second kappa shape index (κ2) is 15.1. The smallest absolute Gasteiger partial charge is 0.289 e. The van der Waals surface area contributed by atoms with Gasteiger partial charge in [-0.1, -0.05) is 53.4 Å². The van der Waals surface area contributed by atoms with Crippen LogP contribution in [0.1, 0.15) is 109 Å². The van der Waals surface area contributed by atoms with Gasteiger partial charge in [-0.2, -0.15) is 0 Å². The number of hydrogen-bond acceptors (Lipinski definition) is 7. The molecule has 276 valence electrons. The Bertz CT molecular complexity index is 1440. The van der Waals surface area contributed by atoms with Crippen LogP contribution in [0.2, 0.25) is 0 Å². The summed E-state index contributed by atoms with van der Waals surface area (Å²) >= 11 is 0. The van der Waals surface area contributed by atoms with E-state index in [1.807, 2.05) is 0 Å². The van der Waals surface area contributed by atoms with Gasteiger partial charge in [0.2, 0.25) is 23.5 Å². The van der Waals surface area contributed by atoms with Gasteiger partial charge in [0.25, 0.3) is 17.7 Å². The Morgan fingerprint density at radius 1 is 1.00 bits per heavy atom. The summed E-state index contributed by atoms with van der Waals surface area (Å²) in [5.41, 5.74) is -0.759. The summed E-state index contributed by atoms with van der Waals surface area (Å²) in [7, 11) is 0. The highest BCUT2D eigenvalue weighted by molar-refractivity contribution is 6.38. The number of H-pyrrole nitrogens is 1. The Kier molecular flexibility index (Phi) is 11.3. The Balaban J connectivity index is 1.39. The number of nitrogens with one attached hydrogen (secondary N) is 5. The molecule has 50 heavy (non-hydrogen) atoms. The van der Waals surface area contributed by atoms with Gasteiger partial charge < -0.3 is 31.2 Å². The molecule has 6 atom stereocenters. The summed E-state index contributed by atoms with van der Waals surface area (Å²) in [6, 6.07) is -4.82. The highest BCUT2D eigenvalue weighted by atomic mass is 19.3. The van der Waals surface area contributed by atoms with Gasteiger partial charge in [-0.15, -0.1) is 0 Å². The number of Topliss-reactive ketones (excluding diaryl/α,β-unsaturated/α-hetero) is 1. The molecule has 0 aromatic carbocycles. The van der Waals surface area contributed by atoms with Crippen molar-refractivity contribution in [3.8, 4) is 0 Å². The fourth-order valence-corrected chi connectivity index (χ4v) is 7.79. The molecule has 4 fully saturated rings. The minimum Gasteiger partial charge on any atom is -0.347 e. The van der Waals surface area contributed by atoms with Crippen LogP contribution in [0.25, 0.3) is 0 Å². The Morgan fingerprint density at radius 2 is 1.70 bits per heavy atom. The molecule has 1 aromatic rings. The van der Waals surface area contributed by atoms with E-state index in [0.717, 1.165) is 37.0 Å². The van der Waals surface area contributed by atoms with E-state index in [1.54, 1.807) is 27.7 Å². The molecule has 1 aromatic heterocycles. The van der Waals surface area contributed by atoms with E-state index in [4.69, 9.17) is 0 Å². The summed E-state index contributed by atoms with van der Waals surface area (Å²) in [6.45, 7) is 6.56. The number of aromatic nitrogens is 2. The van der Waals surface area contributed by atoms with Gasteiger partial charge in [0, 0.05) is 24.9 Å². The van der Waals surface area contributed by atoms with Crippen LogP contribution in [-0.4, -0.2) is 92.9 Å². The Labute approximate surface area is 291 Å². The molecule has 5 amide bonds. The van der Waals surface area contributed by atoms with E-state index < -0.39 is 95.6 Å². The van der Waals surface area contributed by atoms with Crippen LogP contribution in [0.4, 0.5) is 8.78 Å². The van der Waals surface area contributed by atoms with Crippen LogP contribution in [0.3, 0.4) is 0 Å². The third-order valence-electron chi connectivity index (χ3n) is 10.7. The summed E-state index contributed by atoms with van der Waals surface area (Å²) in [4.78, 5) is 89.1. The van der Waals surface area contributed by atoms with Gasteiger partial charge in [-0.3, -0.25) is 28.8 Å². The number of amides is 5. The maximum atomic E-state index is 15.2. The Hall–Kier alpha value is -3.91. The number of rotatable bonds is 13. The zero-order valence-electron chi connectivity index (χ0n) is 29.4. The molecule has 5 rings (SSSR count). The van der Waals surface area contributed by atoms with Crippen LogP contribution in [-0.2, 0) is 24.0 Å². The normalized spacial score (nSPS) is 25.2. The lowest BCUT2D eigenvalue weighted by Gasteiger charge is -2.38. The first kappa shape index (κ1) is 37.3. The topological polar surface area (TPSA) is 182 Å². The van der Waals surface area contributed by atoms with Crippen LogP contribution < -0.4 is 21.3 Å². The van der Waals surface area contributed by atoms with Crippen molar-refractivity contribution in [1.82, 2.24) is 36.1 Å². The third kappa shape index (κ3) is 8.34. The highest BCUT2D eigenvalue weighted by Gasteiger charge is 2.61. The number of alkyl halides is 2. The minimum absolute atomic E-state index is 0.00990. The molecular formula is C35H51F2N7O6. The number of fused-ring (bicyclic) bond motifs is 1. The molecule has 13 nitrogen and oxygen atoms in total. The average Bonchev–Trinajstić information content (AvgIpc) is 3.43. The number of carbonyl (C=O) groups is 6. The number of nitrogens with zero attached hydrogens (tertiary/aromatic N) is 2. The fourth-order valence-electron chi connectivity index (χ4n) is 7.79. The lowest BCUT2D eigenvalue weighted by molar-refractivity contribution is -0.146. The fraction of sp³-hybridized carbons (Fsp3) is 0.743. The maximum absolute atomic E-state index is 15.2. The molecule has 3 saturated carbocycles. The monoisotopic (exact) mass is 703 g/mol. The second-order valence-electron chi connectivity index (χ2n) is 15.6. The first-order chi connectivity index (χ1) is 23.6. The van der Waals surface area contributed by atoms with E-state index >= 15 is 8.78 Å². The molecule has 15 heteroatoms. The van der Waals surface area contributed by atoms with Crippen molar-refractivity contribution in [3.63, 3.8) is 0 Å². The molecular weight excluding hydrogens is 652 g/mol. The Morgan fingerprint density at radius 3 is 2.30 bits per heavy atom. The van der Waals surface area contributed by atoms with E-state index in [2.05, 4.69) is 31.2 Å². The molecule has 0 bridgehead atoms. The van der Waals surface area contributed by atoms with Gasteiger partial charge in [-0.25, -0.2) is 13.8 Å². The first-order valence-electron chi connectivity index (χ1n) is 18.0. The molecule has 0 unspecified atom stereocenters. The van der Waals surface area contributed by atoms with E-state index in [0.29, 0.717) is 19.3 Å². The van der Waals surface area contributed by atoms with E-state index in [-0.39, 0.29) is 30.5 Å². The van der Waals surface area contributed by atoms with Crippen molar-refractivity contribution in [2.24, 2.45) is 23.2 Å². The summed E-state index contributed by atoms with van der Waals surface area (Å²) < 4.78 is 30.4. The summed E-state index contributed by atoms with van der Waals surface area (Å²) in [5.74, 6) is -9.71. The number of carbonyl (C=O) groups excluding carboxylic acids is 6.